The summed E-state index contributed by atoms with van der Waals surface area (Å²) in [7, 11) is 1.64. The van der Waals surface area contributed by atoms with Crippen molar-refractivity contribution in [1.29, 1.82) is 5.26 Å². The molecular weight excluding hydrogens is 394 g/mol. The van der Waals surface area contributed by atoms with Gasteiger partial charge in [-0.15, -0.1) is 0 Å². The molecule has 10 heteroatoms. The fraction of sp³-hybridized carbons (Fsp3) is 0.250. The number of halogens is 2. The van der Waals surface area contributed by atoms with E-state index < -0.39 is 17.7 Å². The molecule has 0 unspecified atom stereocenters. The third-order valence-electron chi connectivity index (χ3n) is 5.06. The van der Waals surface area contributed by atoms with Crippen molar-refractivity contribution in [2.24, 2.45) is 0 Å². The maximum Gasteiger partial charge on any atom is 0.323 e. The number of carbonyl (C=O) groups is 1. The number of H-pyrrole nitrogens is 1. The van der Waals surface area contributed by atoms with Crippen LogP contribution in [0, 0.1) is 23.0 Å². The highest BCUT2D eigenvalue weighted by atomic mass is 19.2. The number of aromatic nitrogens is 2. The Hall–Kier alpha value is -3.71. The molecule has 2 amide bonds. The second kappa shape index (κ2) is 7.27. The van der Waals surface area contributed by atoms with E-state index >= 15 is 0 Å². The maximum absolute atomic E-state index is 13.5. The number of ether oxygens (including phenoxy) is 1. The van der Waals surface area contributed by atoms with Gasteiger partial charge in [-0.1, -0.05) is 0 Å². The minimum Gasteiger partial charge on any atom is -0.375 e. The smallest absolute Gasteiger partial charge is 0.323 e. The predicted octanol–water partition coefficient (Wildman–Crippen LogP) is 3.58. The summed E-state index contributed by atoms with van der Waals surface area (Å²) in [6.45, 7) is 3.19. The van der Waals surface area contributed by atoms with Gasteiger partial charge in [-0.05, 0) is 19.1 Å². The quantitative estimate of drug-likeness (QED) is 0.607. The van der Waals surface area contributed by atoms with Gasteiger partial charge < -0.3 is 25.3 Å². The standard InChI is InChI=1S/C20H18F2N6O2/c1-20(30-2)9-28(10-20)18-11(6-23)3-12(7-25-18)26-19(29)27-17-8-24-16-5-15(22)14(21)4-13(16)17/h3-5,7-8,24H,9-10H2,1-2H3,(H2,26,27,29). The molecule has 0 bridgehead atoms. The van der Waals surface area contributed by atoms with Crippen LogP contribution in [0.2, 0.25) is 0 Å². The van der Waals surface area contributed by atoms with E-state index in [-0.39, 0.29) is 11.3 Å². The SMILES string of the molecule is COC1(C)CN(c2ncc(NC(=O)Nc3c[nH]c4cc(F)c(F)cc34)cc2C#N)C1. The lowest BCUT2D eigenvalue weighted by Gasteiger charge is -2.47. The van der Waals surface area contributed by atoms with Crippen molar-refractivity contribution in [1.82, 2.24) is 9.97 Å². The van der Waals surface area contributed by atoms with Gasteiger partial charge in [-0.3, -0.25) is 0 Å². The molecule has 1 aromatic carbocycles. The van der Waals surface area contributed by atoms with Crippen LogP contribution in [-0.4, -0.2) is 41.8 Å². The zero-order valence-electron chi connectivity index (χ0n) is 16.2. The summed E-state index contributed by atoms with van der Waals surface area (Å²) in [6.07, 6.45) is 2.88. The fourth-order valence-corrected chi connectivity index (χ4v) is 3.41. The molecule has 1 aliphatic rings. The van der Waals surface area contributed by atoms with Crippen molar-refractivity contribution in [2.45, 2.75) is 12.5 Å². The van der Waals surface area contributed by atoms with Crippen molar-refractivity contribution in [2.75, 3.05) is 35.7 Å². The summed E-state index contributed by atoms with van der Waals surface area (Å²) in [4.78, 5) is 21.3. The van der Waals surface area contributed by atoms with Gasteiger partial charge in [0.1, 0.15) is 11.9 Å². The Balaban J connectivity index is 1.48. The van der Waals surface area contributed by atoms with Crippen LogP contribution in [0.25, 0.3) is 10.9 Å². The molecule has 1 saturated heterocycles. The summed E-state index contributed by atoms with van der Waals surface area (Å²) < 4.78 is 32.2. The molecule has 30 heavy (non-hydrogen) atoms. The topological polar surface area (TPSA) is 106 Å². The molecule has 0 spiro atoms. The van der Waals surface area contributed by atoms with Crippen LogP contribution in [0.4, 0.5) is 30.8 Å². The summed E-state index contributed by atoms with van der Waals surface area (Å²) in [6, 6.07) is 5.01. The van der Waals surface area contributed by atoms with Crippen LogP contribution in [0.5, 0.6) is 0 Å². The monoisotopic (exact) mass is 412 g/mol. The largest absolute Gasteiger partial charge is 0.375 e. The number of hydrogen-bond acceptors (Lipinski definition) is 5. The number of anilines is 3. The molecule has 0 atom stereocenters. The Morgan fingerprint density at radius 2 is 2.03 bits per heavy atom. The normalized spacial score (nSPS) is 14.8. The van der Waals surface area contributed by atoms with Crippen molar-refractivity contribution in [3.05, 3.63) is 47.8 Å². The van der Waals surface area contributed by atoms with E-state index in [1.165, 1.54) is 18.5 Å². The number of nitrogens with one attached hydrogen (secondary N) is 3. The van der Waals surface area contributed by atoms with E-state index in [0.717, 1.165) is 12.1 Å². The molecule has 1 aliphatic heterocycles. The molecular formula is C20H18F2N6O2. The highest BCUT2D eigenvalue weighted by Crippen LogP contribution is 2.31. The molecule has 1 fully saturated rings. The van der Waals surface area contributed by atoms with E-state index in [1.807, 2.05) is 11.8 Å². The van der Waals surface area contributed by atoms with Gasteiger partial charge in [-0.2, -0.15) is 5.26 Å². The van der Waals surface area contributed by atoms with Crippen molar-refractivity contribution >= 4 is 34.1 Å². The molecule has 3 aromatic rings. The number of fused-ring (bicyclic) bond motifs is 1. The van der Waals surface area contributed by atoms with Crippen molar-refractivity contribution < 1.29 is 18.3 Å². The second-order valence-electron chi connectivity index (χ2n) is 7.31. The molecule has 4 rings (SSSR count). The number of pyridine rings is 1. The number of hydrogen-bond donors (Lipinski definition) is 3. The molecule has 0 radical (unpaired) electrons. The number of carbonyl (C=O) groups excluding carboxylic acids is 1. The Morgan fingerprint density at radius 3 is 2.73 bits per heavy atom. The molecule has 154 valence electrons. The average molecular weight is 412 g/mol. The summed E-state index contributed by atoms with van der Waals surface area (Å²) in [5.41, 5.74) is 0.994. The molecule has 8 nitrogen and oxygen atoms in total. The minimum atomic E-state index is -1.01. The summed E-state index contributed by atoms with van der Waals surface area (Å²) >= 11 is 0. The second-order valence-corrected chi connectivity index (χ2v) is 7.31. The number of benzene rings is 1. The van der Waals surface area contributed by atoms with Gasteiger partial charge in [-0.25, -0.2) is 18.6 Å². The Labute approximate surface area is 170 Å². The van der Waals surface area contributed by atoms with Crippen molar-refractivity contribution in [3.63, 3.8) is 0 Å². The van der Waals surface area contributed by atoms with Gasteiger partial charge in [0.25, 0.3) is 0 Å². The lowest BCUT2D eigenvalue weighted by atomic mass is 9.96. The van der Waals surface area contributed by atoms with Crippen LogP contribution < -0.4 is 15.5 Å². The van der Waals surface area contributed by atoms with E-state index in [9.17, 15) is 18.8 Å². The van der Waals surface area contributed by atoms with E-state index in [1.54, 1.807) is 7.11 Å². The third kappa shape index (κ3) is 3.51. The highest BCUT2D eigenvalue weighted by Gasteiger charge is 2.40. The maximum atomic E-state index is 13.5. The van der Waals surface area contributed by atoms with E-state index in [2.05, 4.69) is 26.7 Å². The Kier molecular flexibility index (Phi) is 4.75. The average Bonchev–Trinajstić information content (AvgIpc) is 3.07. The van der Waals surface area contributed by atoms with Crippen LogP contribution in [-0.2, 0) is 4.74 Å². The first-order valence-corrected chi connectivity index (χ1v) is 9.06. The number of urea groups is 1. The van der Waals surface area contributed by atoms with Gasteiger partial charge in [0.05, 0.1) is 34.3 Å². The lowest BCUT2D eigenvalue weighted by Crippen LogP contribution is -2.61. The van der Waals surface area contributed by atoms with Gasteiger partial charge >= 0.3 is 6.03 Å². The third-order valence-corrected chi connectivity index (χ3v) is 5.06. The highest BCUT2D eigenvalue weighted by molar-refractivity contribution is 6.06. The number of aromatic amines is 1. The first kappa shape index (κ1) is 19.6. The van der Waals surface area contributed by atoms with Crippen LogP contribution in [0.1, 0.15) is 12.5 Å². The van der Waals surface area contributed by atoms with Crippen LogP contribution >= 0.6 is 0 Å². The van der Waals surface area contributed by atoms with Crippen molar-refractivity contribution in [3.8, 4) is 6.07 Å². The van der Waals surface area contributed by atoms with Gasteiger partial charge in [0.15, 0.2) is 11.6 Å². The summed E-state index contributed by atoms with van der Waals surface area (Å²) in [5, 5.41) is 14.9. The molecule has 0 saturated carbocycles. The van der Waals surface area contributed by atoms with Gasteiger partial charge in [0, 0.05) is 37.8 Å². The molecule has 3 N–H and O–H groups in total. The zero-order chi connectivity index (χ0) is 21.5. The Morgan fingerprint density at radius 1 is 1.30 bits per heavy atom. The number of amides is 2. The van der Waals surface area contributed by atoms with E-state index in [0.29, 0.717) is 41.1 Å². The number of methoxy groups -OCH3 is 1. The molecule has 3 heterocycles. The first-order chi connectivity index (χ1) is 14.3. The van der Waals surface area contributed by atoms with Crippen LogP contribution in [0.3, 0.4) is 0 Å². The number of rotatable bonds is 4. The molecule has 0 aliphatic carbocycles. The lowest BCUT2D eigenvalue weighted by molar-refractivity contribution is -0.0171. The van der Waals surface area contributed by atoms with E-state index in [4.69, 9.17) is 4.74 Å². The fourth-order valence-electron chi connectivity index (χ4n) is 3.41. The van der Waals surface area contributed by atoms with Crippen LogP contribution in [0.15, 0.2) is 30.6 Å². The Bertz CT molecular complexity index is 1180. The predicted molar refractivity (Wildman–Crippen MR) is 107 cm³/mol. The minimum absolute atomic E-state index is 0.271. The first-order valence-electron chi connectivity index (χ1n) is 9.06. The van der Waals surface area contributed by atoms with Gasteiger partial charge in [0.2, 0.25) is 0 Å². The number of nitrogens with zero attached hydrogens (tertiary/aromatic N) is 3. The summed E-state index contributed by atoms with van der Waals surface area (Å²) in [5.74, 6) is -1.48. The zero-order valence-corrected chi connectivity index (χ0v) is 16.2. The number of nitriles is 1. The molecule has 2 aromatic heterocycles.